The summed E-state index contributed by atoms with van der Waals surface area (Å²) < 4.78 is 13.8. The maximum Gasteiger partial charge on any atom is 0.333 e. The molecule has 3 aliphatic rings. The number of aliphatic hydroxyl groups excluding tert-OH is 1. The van der Waals surface area contributed by atoms with Crippen LogP contribution in [0, 0.1) is 11.7 Å². The van der Waals surface area contributed by atoms with Crippen LogP contribution in [0.15, 0.2) is 35.5 Å². The van der Waals surface area contributed by atoms with Gasteiger partial charge in [-0.05, 0) is 62.7 Å². The Bertz CT molecular complexity index is 1210. The minimum absolute atomic E-state index is 0.0363. The first-order valence-corrected chi connectivity index (χ1v) is 13.4. The highest BCUT2D eigenvalue weighted by Gasteiger charge is 2.41. The molecule has 12 heteroatoms. The highest BCUT2D eigenvalue weighted by atomic mass is 19.1. The average molecular weight is 561 g/mol. The van der Waals surface area contributed by atoms with E-state index in [1.54, 1.807) is 12.1 Å². The van der Waals surface area contributed by atoms with Crippen molar-refractivity contribution in [1.29, 1.82) is 0 Å². The van der Waals surface area contributed by atoms with Gasteiger partial charge < -0.3 is 35.8 Å². The quantitative estimate of drug-likeness (QED) is 0.284. The molecule has 2 amide bonds. The van der Waals surface area contributed by atoms with Crippen LogP contribution in [0.1, 0.15) is 45.6 Å². The van der Waals surface area contributed by atoms with E-state index in [0.29, 0.717) is 16.8 Å². The summed E-state index contributed by atoms with van der Waals surface area (Å²) in [6.45, 7) is 10.6. The van der Waals surface area contributed by atoms with Crippen LogP contribution in [0.5, 0.6) is 0 Å². The lowest BCUT2D eigenvalue weighted by atomic mass is 9.92. The normalized spacial score (nSPS) is 21.8. The Labute approximate surface area is 232 Å². The molecule has 0 radical (unpaired) electrons. The molecule has 3 aliphatic heterocycles. The number of likely N-dealkylation sites (tertiary alicyclic amines) is 1. The van der Waals surface area contributed by atoms with E-state index in [1.165, 1.54) is 12.1 Å². The molecule has 40 heavy (non-hydrogen) atoms. The number of benzene rings is 1. The molecule has 3 heterocycles. The highest BCUT2D eigenvalue weighted by Crippen LogP contribution is 2.37. The summed E-state index contributed by atoms with van der Waals surface area (Å²) in [6.07, 6.45) is 1.08. The van der Waals surface area contributed by atoms with Crippen LogP contribution in [0.3, 0.4) is 0 Å². The second kappa shape index (κ2) is 13.5. The third kappa shape index (κ3) is 7.24. The summed E-state index contributed by atoms with van der Waals surface area (Å²) in [5.41, 5.74) is 3.36. The second-order valence-corrected chi connectivity index (χ2v) is 9.97. The van der Waals surface area contributed by atoms with Gasteiger partial charge in [-0.15, -0.1) is 0 Å². The average Bonchev–Trinajstić information content (AvgIpc) is 3.31. The van der Waals surface area contributed by atoms with Gasteiger partial charge in [0.25, 0.3) is 5.91 Å². The fourth-order valence-corrected chi connectivity index (χ4v) is 5.15. The summed E-state index contributed by atoms with van der Waals surface area (Å²) in [5.74, 6) is -3.53. The summed E-state index contributed by atoms with van der Waals surface area (Å²) in [4.78, 5) is 49.6. The number of likely N-dealkylation sites (N-methyl/N-ethyl adjacent to an activating group) is 1. The van der Waals surface area contributed by atoms with Gasteiger partial charge in [-0.25, -0.2) is 9.18 Å². The first-order valence-electron chi connectivity index (χ1n) is 13.4. The van der Waals surface area contributed by atoms with E-state index in [-0.39, 0.29) is 29.6 Å². The van der Waals surface area contributed by atoms with Gasteiger partial charge in [0.1, 0.15) is 5.82 Å². The van der Waals surface area contributed by atoms with Crippen LogP contribution >= 0.6 is 0 Å². The van der Waals surface area contributed by atoms with Gasteiger partial charge in [-0.2, -0.15) is 0 Å². The Morgan fingerprint density at radius 1 is 1.23 bits per heavy atom. The lowest BCUT2D eigenvalue weighted by molar-refractivity contribution is -0.152. The number of nitrogens with zero attached hydrogens (tertiary/aromatic N) is 2. The van der Waals surface area contributed by atoms with Crippen molar-refractivity contribution in [2.24, 2.45) is 5.92 Å². The van der Waals surface area contributed by atoms with E-state index < -0.39 is 24.5 Å². The minimum Gasteiger partial charge on any atom is -0.481 e. The number of fused-ring (bicyclic) bond motifs is 2. The van der Waals surface area contributed by atoms with Gasteiger partial charge in [-0.1, -0.05) is 13.8 Å². The molecule has 4 rings (SSSR count). The smallest absolute Gasteiger partial charge is 0.333 e. The van der Waals surface area contributed by atoms with E-state index in [4.69, 9.17) is 15.3 Å². The number of hydrogen-bond acceptors (Lipinski definition) is 7. The number of nitrogens with one attached hydrogen (secondary N) is 2. The number of amides is 2. The molecule has 1 saturated heterocycles. The molecule has 0 saturated carbocycles. The molecule has 0 aliphatic carbocycles. The molecule has 218 valence electrons. The maximum absolute atomic E-state index is 13.8. The minimum atomic E-state index is -1.79. The van der Waals surface area contributed by atoms with Crippen molar-refractivity contribution >= 4 is 35.0 Å². The molecule has 1 fully saturated rings. The Morgan fingerprint density at radius 2 is 1.93 bits per heavy atom. The van der Waals surface area contributed by atoms with Crippen molar-refractivity contribution in [3.63, 3.8) is 0 Å². The fourth-order valence-electron chi connectivity index (χ4n) is 5.15. The van der Waals surface area contributed by atoms with E-state index in [9.17, 15) is 23.6 Å². The zero-order chi connectivity index (χ0) is 29.6. The molecule has 0 spiro atoms. The molecule has 0 bridgehead atoms. The van der Waals surface area contributed by atoms with Gasteiger partial charge >= 0.3 is 11.9 Å². The van der Waals surface area contributed by atoms with E-state index >= 15 is 0 Å². The topological polar surface area (TPSA) is 160 Å². The Morgan fingerprint density at radius 3 is 2.52 bits per heavy atom. The SMILES string of the molecule is CCN(CC)CCN1CCCC2NC(C=C3C(=O)Nc4ccc(F)cc43)=C(C)C2C1=O.O=C(O)CC(O)C(=O)O. The maximum atomic E-state index is 13.8. The predicted octanol–water partition coefficient (Wildman–Crippen LogP) is 1.89. The zero-order valence-electron chi connectivity index (χ0n) is 22.9. The predicted molar refractivity (Wildman–Crippen MR) is 146 cm³/mol. The van der Waals surface area contributed by atoms with Gasteiger partial charge in [-0.3, -0.25) is 14.4 Å². The largest absolute Gasteiger partial charge is 0.481 e. The van der Waals surface area contributed by atoms with Gasteiger partial charge in [0.15, 0.2) is 6.10 Å². The molecule has 3 unspecified atom stereocenters. The number of carboxylic acid groups (broad SMARTS) is 2. The number of aliphatic carboxylic acids is 2. The molecule has 1 aromatic rings. The number of halogens is 1. The fraction of sp³-hybridized carbons (Fsp3) is 0.500. The van der Waals surface area contributed by atoms with Crippen LogP contribution < -0.4 is 10.6 Å². The summed E-state index contributed by atoms with van der Waals surface area (Å²) in [6, 6.07) is 4.33. The van der Waals surface area contributed by atoms with Crippen molar-refractivity contribution in [1.82, 2.24) is 15.1 Å². The second-order valence-electron chi connectivity index (χ2n) is 9.97. The van der Waals surface area contributed by atoms with E-state index in [1.807, 2.05) is 11.8 Å². The molecule has 0 aromatic heterocycles. The van der Waals surface area contributed by atoms with Crippen LogP contribution in [0.2, 0.25) is 0 Å². The standard InChI is InChI=1S/C24H31FN4O2.C4H6O5/c1-4-28(5-2)11-12-29-10-6-7-20-22(24(29)31)15(3)21(26-20)14-18-17-13-16(25)8-9-19(17)27-23(18)30;5-2(4(8)9)1-3(6)7/h8-9,13-14,20,22,26H,4-7,10-12H2,1-3H3,(H,27,30);2,5H,1H2,(H,6,7)(H,8,9). The third-order valence-corrected chi connectivity index (χ3v) is 7.44. The first kappa shape index (κ1) is 30.8. The molecular weight excluding hydrogens is 523 g/mol. The van der Waals surface area contributed by atoms with E-state index in [0.717, 1.165) is 56.8 Å². The highest BCUT2D eigenvalue weighted by molar-refractivity contribution is 6.31. The Hall–Kier alpha value is -3.77. The summed E-state index contributed by atoms with van der Waals surface area (Å²) in [7, 11) is 0. The van der Waals surface area contributed by atoms with Crippen molar-refractivity contribution in [2.75, 3.05) is 38.0 Å². The molecule has 1 aromatic carbocycles. The Balaban J connectivity index is 0.000000424. The third-order valence-electron chi connectivity index (χ3n) is 7.44. The Kier molecular flexibility index (Phi) is 10.4. The number of carbonyl (C=O) groups is 4. The summed E-state index contributed by atoms with van der Waals surface area (Å²) in [5, 5.41) is 30.4. The molecular formula is C28H37FN4O7. The summed E-state index contributed by atoms with van der Waals surface area (Å²) >= 11 is 0. The van der Waals surface area contributed by atoms with Crippen molar-refractivity contribution in [3.8, 4) is 0 Å². The van der Waals surface area contributed by atoms with Crippen LogP contribution in [0.25, 0.3) is 5.57 Å². The van der Waals surface area contributed by atoms with Crippen molar-refractivity contribution in [3.05, 3.63) is 46.9 Å². The van der Waals surface area contributed by atoms with Crippen LogP contribution in [-0.2, 0) is 19.2 Å². The lowest BCUT2D eigenvalue weighted by Crippen LogP contribution is -2.43. The van der Waals surface area contributed by atoms with Crippen molar-refractivity contribution in [2.45, 2.75) is 52.2 Å². The number of allylic oxidation sites excluding steroid dienone is 1. The first-order chi connectivity index (χ1) is 19.0. The molecule has 3 atom stereocenters. The van der Waals surface area contributed by atoms with Gasteiger partial charge in [0, 0.05) is 42.6 Å². The van der Waals surface area contributed by atoms with E-state index in [2.05, 4.69) is 29.4 Å². The molecule has 5 N–H and O–H groups in total. The van der Waals surface area contributed by atoms with Gasteiger partial charge in [0.2, 0.25) is 5.91 Å². The lowest BCUT2D eigenvalue weighted by Gasteiger charge is -2.27. The van der Waals surface area contributed by atoms with Crippen molar-refractivity contribution < 1.29 is 38.9 Å². The zero-order valence-corrected chi connectivity index (χ0v) is 22.9. The monoisotopic (exact) mass is 560 g/mol. The number of carbonyl (C=O) groups excluding carboxylic acids is 2. The number of anilines is 1. The number of hydrogen-bond donors (Lipinski definition) is 5. The number of rotatable bonds is 9. The number of aliphatic hydroxyl groups is 1. The van der Waals surface area contributed by atoms with Crippen LogP contribution in [0.4, 0.5) is 10.1 Å². The van der Waals surface area contributed by atoms with Crippen LogP contribution in [-0.4, -0.2) is 93.7 Å². The molecule has 11 nitrogen and oxygen atoms in total. The number of carboxylic acids is 2. The van der Waals surface area contributed by atoms with Gasteiger partial charge in [0.05, 0.1) is 17.9 Å².